The van der Waals surface area contributed by atoms with Gasteiger partial charge in [-0.25, -0.2) is 9.59 Å². The van der Waals surface area contributed by atoms with E-state index in [9.17, 15) is 81.8 Å². The summed E-state index contributed by atoms with van der Waals surface area (Å²) in [6.45, 7) is 27.1. The molecule has 0 aromatic heterocycles. The van der Waals surface area contributed by atoms with Gasteiger partial charge < -0.3 is 107 Å². The molecule has 672 valence electrons. The summed E-state index contributed by atoms with van der Waals surface area (Å²) in [7, 11) is 0. The molecule has 0 bridgehead atoms. The molecule has 0 heterocycles. The van der Waals surface area contributed by atoms with Crippen molar-refractivity contribution in [1.82, 2.24) is 74.4 Å². The first-order chi connectivity index (χ1) is 56.5. The van der Waals surface area contributed by atoms with E-state index in [1.807, 2.05) is 62.4 Å². The number of hydrogen-bond acceptors (Lipinski definition) is 20. The fourth-order valence-electron chi connectivity index (χ4n) is 13.5. The van der Waals surface area contributed by atoms with Crippen LogP contribution in [-0.2, 0) is 76.7 Å². The molecule has 1 aliphatic carbocycles. The Morgan fingerprint density at radius 1 is 0.350 bits per heavy atom. The van der Waals surface area contributed by atoms with Gasteiger partial charge in [-0.3, -0.25) is 67.1 Å². The second kappa shape index (κ2) is 52.6. The number of carbonyl (C=O) groups is 16. The van der Waals surface area contributed by atoms with E-state index >= 15 is 0 Å². The Labute approximate surface area is 705 Å². The van der Waals surface area contributed by atoms with Crippen LogP contribution in [0.5, 0.6) is 0 Å². The summed E-state index contributed by atoms with van der Waals surface area (Å²) in [5, 5.41) is 46.4. The monoisotopic (exact) mass is 1690 g/mol. The quantitative estimate of drug-likeness (QED) is 0.0417. The lowest BCUT2D eigenvalue weighted by molar-refractivity contribution is -0.143. The van der Waals surface area contributed by atoms with Crippen molar-refractivity contribution in [1.29, 1.82) is 0 Å². The number of carboxylic acid groups (broad SMARTS) is 1. The predicted molar refractivity (Wildman–Crippen MR) is 452 cm³/mol. The first-order valence-electron chi connectivity index (χ1n) is 42.2. The van der Waals surface area contributed by atoms with Gasteiger partial charge in [0.15, 0.2) is 0 Å². The van der Waals surface area contributed by atoms with E-state index in [0.717, 1.165) is 22.3 Å². The molecule has 23 N–H and O–H groups in total. The van der Waals surface area contributed by atoms with Crippen LogP contribution in [-0.4, -0.2) is 211 Å². The van der Waals surface area contributed by atoms with Gasteiger partial charge in [0.2, 0.25) is 82.7 Å². The Bertz CT molecular complexity index is 3720. The van der Waals surface area contributed by atoms with Gasteiger partial charge in [0.05, 0.1) is 6.42 Å². The van der Waals surface area contributed by atoms with Crippen LogP contribution in [0, 0.1) is 35.5 Å². The molecule has 15 amide bonds. The predicted octanol–water partition coefficient (Wildman–Crippen LogP) is 1.51. The molecule has 3 rings (SSSR count). The topological polar surface area (TPSA) is 575 Å². The number of ether oxygens (including phenoxy) is 1. The second-order valence-corrected chi connectivity index (χ2v) is 33.4. The number of benzene rings is 2. The molecule has 0 unspecified atom stereocenters. The van der Waals surface area contributed by atoms with Crippen LogP contribution < -0.4 is 97.4 Å². The van der Waals surface area contributed by atoms with Crippen molar-refractivity contribution in [2.75, 3.05) is 26.2 Å². The number of carboxylic acids is 1. The summed E-state index contributed by atoms with van der Waals surface area (Å²) in [6.07, 6.45) is 1.60. The van der Waals surface area contributed by atoms with Crippen LogP contribution in [0.2, 0.25) is 0 Å². The average Bonchev–Trinajstić information content (AvgIpc) is 1.61. The molecule has 2 aromatic rings. The van der Waals surface area contributed by atoms with Gasteiger partial charge in [-0.2, -0.15) is 0 Å². The lowest BCUT2D eigenvalue weighted by Crippen LogP contribution is -2.61. The molecule has 0 aliphatic heterocycles. The van der Waals surface area contributed by atoms with Crippen LogP contribution >= 0.6 is 0 Å². The average molecular weight is 1690 g/mol. The molecule has 0 radical (unpaired) electrons. The molecule has 0 fully saturated rings. The highest BCUT2D eigenvalue weighted by atomic mass is 16.5. The molecular formula is C84H138N18O18. The number of unbranched alkanes of at least 4 members (excludes halogenated alkanes) is 3. The number of nitrogens with two attached hydrogens (primary N) is 4. The highest BCUT2D eigenvalue weighted by Gasteiger charge is 2.39. The fraction of sp³-hybridized carbons (Fsp3) is 0.667. The van der Waals surface area contributed by atoms with Crippen molar-refractivity contribution < 1.29 is 86.6 Å². The number of nitrogens with one attached hydrogen (secondary N) is 14. The van der Waals surface area contributed by atoms with Crippen LogP contribution in [0.4, 0.5) is 4.79 Å². The molecular weight excluding hydrogens is 1550 g/mol. The lowest BCUT2D eigenvalue weighted by Gasteiger charge is -2.29. The highest BCUT2D eigenvalue weighted by molar-refractivity contribution is 6.01. The maximum absolute atomic E-state index is 14.4. The van der Waals surface area contributed by atoms with Crippen LogP contribution in [0.1, 0.15) is 224 Å². The van der Waals surface area contributed by atoms with Gasteiger partial charge in [0.25, 0.3) is 0 Å². The van der Waals surface area contributed by atoms with Gasteiger partial charge >= 0.3 is 12.1 Å². The highest BCUT2D eigenvalue weighted by Crippen LogP contribution is 2.44. The molecule has 0 saturated carbocycles. The number of alkyl carbamates (subject to hydrolysis) is 1. The third-order valence-electron chi connectivity index (χ3n) is 20.5. The number of rotatable bonds is 55. The molecule has 0 spiro atoms. The van der Waals surface area contributed by atoms with Gasteiger partial charge in [0, 0.05) is 5.92 Å². The summed E-state index contributed by atoms with van der Waals surface area (Å²) >= 11 is 0. The molecule has 2 aromatic carbocycles. The number of fused-ring (bicyclic) bond motifs is 3. The van der Waals surface area contributed by atoms with Gasteiger partial charge in [-0.05, 0) is 189 Å². The minimum absolute atomic E-state index is 0.00564. The lowest BCUT2D eigenvalue weighted by atomic mass is 9.96. The van der Waals surface area contributed by atoms with Crippen molar-refractivity contribution in [2.24, 2.45) is 58.4 Å². The zero-order valence-electron chi connectivity index (χ0n) is 72.9. The third kappa shape index (κ3) is 35.5. The molecule has 0 saturated heterocycles. The van der Waals surface area contributed by atoms with Gasteiger partial charge in [0.1, 0.15) is 91.2 Å². The van der Waals surface area contributed by atoms with Gasteiger partial charge in [-0.15, -0.1) is 0 Å². The van der Waals surface area contributed by atoms with Crippen molar-refractivity contribution in [3.8, 4) is 11.1 Å². The first-order valence-corrected chi connectivity index (χ1v) is 42.2. The largest absolute Gasteiger partial charge is 0.480 e. The summed E-state index contributed by atoms with van der Waals surface area (Å²) in [5.74, 6) is -15.0. The first kappa shape index (κ1) is 104. The second-order valence-electron chi connectivity index (χ2n) is 33.4. The molecule has 15 atom stereocenters. The van der Waals surface area contributed by atoms with Crippen molar-refractivity contribution in [2.45, 2.75) is 298 Å². The van der Waals surface area contributed by atoms with E-state index in [0.29, 0.717) is 44.9 Å². The Morgan fingerprint density at radius 3 is 1.04 bits per heavy atom. The Morgan fingerprint density at radius 2 is 0.642 bits per heavy atom. The summed E-state index contributed by atoms with van der Waals surface area (Å²) in [4.78, 5) is 220. The zero-order valence-corrected chi connectivity index (χ0v) is 72.9. The molecule has 36 nitrogen and oxygen atoms in total. The van der Waals surface area contributed by atoms with Crippen LogP contribution in [0.15, 0.2) is 48.5 Å². The Hall–Kier alpha value is -10.4. The number of amides is 15. The van der Waals surface area contributed by atoms with E-state index < -0.39 is 198 Å². The fourth-order valence-corrected chi connectivity index (χ4v) is 13.5. The Kier molecular flexibility index (Phi) is 45.5. The van der Waals surface area contributed by atoms with E-state index in [2.05, 4.69) is 74.4 Å². The maximum Gasteiger partial charge on any atom is 0.407 e. The molecule has 36 heteroatoms. The smallest absolute Gasteiger partial charge is 0.407 e. The maximum atomic E-state index is 14.4. The SMILES string of the molecule is CC[C@H](C)[C@H](NC(=O)[C@H](CCCCN)NC(=O)[C@H](CCCCN)NC(=O)[C@H](C)NC(=O)[C@@H](NC(=O)[C@H](C)NC(=O)[C@H](C)NC(=O)[C@H](CC(C)C)NC(=O)[C@H](C)NC(=O)[C@H](CCCCN)NC(=O)[C@H](CC(C)C)NC(=O)[C@H](CC(N)=O)NC(=O)[C@H](CC(C)C)NC(=O)OCC1c2ccccc2-c2ccccc21)C(C)C)C(=O)N[C@@H](CC(C)C)C(=O)O. The van der Waals surface area contributed by atoms with Crippen LogP contribution in [0.3, 0.4) is 0 Å². The zero-order chi connectivity index (χ0) is 90.4. The van der Waals surface area contributed by atoms with E-state index in [4.69, 9.17) is 27.7 Å². The Balaban J connectivity index is 1.70. The summed E-state index contributed by atoms with van der Waals surface area (Å²) < 4.78 is 5.73. The van der Waals surface area contributed by atoms with Crippen LogP contribution in [0.25, 0.3) is 11.1 Å². The van der Waals surface area contributed by atoms with E-state index in [1.165, 1.54) is 27.7 Å². The molecule has 120 heavy (non-hydrogen) atoms. The summed E-state index contributed by atoms with van der Waals surface area (Å²) in [5.41, 5.74) is 26.9. The van der Waals surface area contributed by atoms with E-state index in [-0.39, 0.29) is 101 Å². The van der Waals surface area contributed by atoms with E-state index in [1.54, 1.807) is 69.2 Å². The van der Waals surface area contributed by atoms with Crippen molar-refractivity contribution in [3.63, 3.8) is 0 Å². The minimum Gasteiger partial charge on any atom is -0.480 e. The van der Waals surface area contributed by atoms with Crippen molar-refractivity contribution in [3.05, 3.63) is 59.7 Å². The number of aliphatic carboxylic acids is 1. The van der Waals surface area contributed by atoms with Gasteiger partial charge in [-0.1, -0.05) is 138 Å². The van der Waals surface area contributed by atoms with Crippen molar-refractivity contribution >= 4 is 94.8 Å². The third-order valence-corrected chi connectivity index (χ3v) is 20.5. The number of primary amides is 1. The minimum atomic E-state index is -1.64. The molecule has 1 aliphatic rings. The normalized spacial score (nSPS) is 15.5. The standard InChI is InChI=1S/C84H138N18O18/c1-17-49(12)69(82(116)99-66(83(117)118)41-47(8)9)102-76(110)61(34-24-27-37-87)94-75(109)60(33-23-26-36-86)93-71(105)52(15)92-81(115)68(48(10)11)101-73(107)53(16)89-70(104)50(13)91-77(111)62(38-44(2)3)96-72(106)51(14)90-74(108)59(32-22-25-35-85)95-78(112)63(39-45(4)5)97-80(114)65(42-67(88)103)98-79(113)64(40-46(6)7)100-84(119)120-43-58-56-30-20-18-28-54(56)55-29-19-21-31-57(55)58/h18-21,28-31,44-53,58-66,68-69H,17,22-27,32-43,85-87H2,1-16H3,(H2,88,103)(H,89,104)(H,90,108)(H,91,111)(H,92,115)(H,93,105)(H,94,109)(H,95,112)(H,96,106)(H,97,114)(H,98,113)(H,99,116)(H,100,119)(H,101,107)(H,102,110)(H,117,118)/t49-,50-,51-,52-,53-,59-,60-,61-,62-,63-,64-,65-,66-,68-,69-/m0/s1. The number of hydrogen-bond donors (Lipinski definition) is 19. The number of carbonyl (C=O) groups excluding carboxylic acids is 15. The summed E-state index contributed by atoms with van der Waals surface area (Å²) in [6, 6.07) is -2.90.